The molecule has 112 valence electrons. The Hall–Kier alpha value is -0.810. The molecule has 0 radical (unpaired) electrons. The van der Waals surface area contributed by atoms with Gasteiger partial charge >= 0.3 is 0 Å². The monoisotopic (exact) mass is 270 g/mol. The predicted octanol–water partition coefficient (Wildman–Crippen LogP) is 1.06. The van der Waals surface area contributed by atoms with Crippen LogP contribution in [0.5, 0.6) is 0 Å². The minimum atomic E-state index is 0.726. The number of guanidine groups is 1. The Labute approximate surface area is 117 Å². The van der Waals surface area contributed by atoms with E-state index in [4.69, 9.17) is 4.74 Å². The third kappa shape index (κ3) is 8.06. The van der Waals surface area contributed by atoms with Gasteiger partial charge in [0.15, 0.2) is 5.96 Å². The fourth-order valence-electron chi connectivity index (χ4n) is 2.30. The van der Waals surface area contributed by atoms with Crippen LogP contribution in [-0.4, -0.2) is 63.8 Å². The molecule has 0 aromatic heterocycles. The van der Waals surface area contributed by atoms with Crippen molar-refractivity contribution in [3.63, 3.8) is 0 Å². The van der Waals surface area contributed by atoms with Crippen LogP contribution in [0.3, 0.4) is 0 Å². The van der Waals surface area contributed by atoms with Crippen LogP contribution in [0.15, 0.2) is 4.99 Å². The van der Waals surface area contributed by atoms with Gasteiger partial charge < -0.3 is 20.3 Å². The molecule has 0 aliphatic carbocycles. The zero-order valence-electron chi connectivity index (χ0n) is 12.6. The van der Waals surface area contributed by atoms with Gasteiger partial charge in [-0.1, -0.05) is 12.8 Å². The maximum absolute atomic E-state index is 5.29. The Balaban J connectivity index is 2.08. The van der Waals surface area contributed by atoms with Crippen molar-refractivity contribution < 1.29 is 4.74 Å². The lowest BCUT2D eigenvalue weighted by molar-refractivity contribution is 0.152. The molecule has 0 bridgehead atoms. The zero-order chi connectivity index (χ0) is 13.8. The number of hydrogen-bond acceptors (Lipinski definition) is 3. The highest BCUT2D eigenvalue weighted by atomic mass is 16.5. The van der Waals surface area contributed by atoms with Crippen molar-refractivity contribution in [1.82, 2.24) is 15.5 Å². The molecule has 0 unspecified atom stereocenters. The molecule has 0 spiro atoms. The Morgan fingerprint density at radius 3 is 2.42 bits per heavy atom. The molecule has 0 aromatic rings. The summed E-state index contributed by atoms with van der Waals surface area (Å²) in [6.07, 6.45) is 5.48. The van der Waals surface area contributed by atoms with Crippen molar-refractivity contribution in [3.05, 3.63) is 0 Å². The lowest BCUT2D eigenvalue weighted by Gasteiger charge is -2.20. The number of nitrogens with zero attached hydrogens (tertiary/aromatic N) is 2. The first-order valence-electron chi connectivity index (χ1n) is 7.61. The molecular weight excluding hydrogens is 240 g/mol. The Kier molecular flexibility index (Phi) is 9.45. The third-order valence-corrected chi connectivity index (χ3v) is 3.39. The van der Waals surface area contributed by atoms with Crippen molar-refractivity contribution in [2.75, 3.05) is 53.0 Å². The van der Waals surface area contributed by atoms with E-state index in [1.165, 1.54) is 38.8 Å². The van der Waals surface area contributed by atoms with Crippen LogP contribution in [0, 0.1) is 0 Å². The minimum absolute atomic E-state index is 0.726. The number of rotatable bonds is 7. The molecule has 1 rings (SSSR count). The van der Waals surface area contributed by atoms with E-state index in [0.717, 1.165) is 38.8 Å². The SMILES string of the molecule is CCOCCNC(=NC)NCCN1CCCCCC1. The Morgan fingerprint density at radius 1 is 1.11 bits per heavy atom. The second-order valence-electron chi connectivity index (χ2n) is 4.88. The molecular formula is C14H30N4O. The average molecular weight is 270 g/mol. The summed E-state index contributed by atoms with van der Waals surface area (Å²) in [4.78, 5) is 6.76. The van der Waals surface area contributed by atoms with Gasteiger partial charge in [-0.3, -0.25) is 4.99 Å². The standard InChI is InChI=1S/C14H30N4O/c1-3-19-13-9-17-14(15-2)16-8-12-18-10-6-4-5-7-11-18/h3-13H2,1-2H3,(H2,15,16,17). The normalized spacial score (nSPS) is 18.1. The fourth-order valence-corrected chi connectivity index (χ4v) is 2.30. The van der Waals surface area contributed by atoms with Gasteiger partial charge in [0.05, 0.1) is 6.61 Å². The van der Waals surface area contributed by atoms with Crippen LogP contribution in [0.4, 0.5) is 0 Å². The topological polar surface area (TPSA) is 48.9 Å². The van der Waals surface area contributed by atoms with E-state index < -0.39 is 0 Å². The molecule has 1 saturated heterocycles. The quantitative estimate of drug-likeness (QED) is 0.413. The number of aliphatic imine (C=N–C) groups is 1. The van der Waals surface area contributed by atoms with Gasteiger partial charge in [-0.2, -0.15) is 0 Å². The van der Waals surface area contributed by atoms with E-state index in [-0.39, 0.29) is 0 Å². The molecule has 0 saturated carbocycles. The van der Waals surface area contributed by atoms with E-state index in [9.17, 15) is 0 Å². The second kappa shape index (κ2) is 11.1. The Bertz CT molecular complexity index is 238. The maximum Gasteiger partial charge on any atom is 0.191 e. The van der Waals surface area contributed by atoms with E-state index in [2.05, 4.69) is 20.5 Å². The average Bonchev–Trinajstić information content (AvgIpc) is 2.70. The number of nitrogens with one attached hydrogen (secondary N) is 2. The number of likely N-dealkylation sites (tertiary alicyclic amines) is 1. The highest BCUT2D eigenvalue weighted by Gasteiger charge is 2.08. The van der Waals surface area contributed by atoms with Gasteiger partial charge in [-0.05, 0) is 32.9 Å². The van der Waals surface area contributed by atoms with Gasteiger partial charge in [0.1, 0.15) is 0 Å². The van der Waals surface area contributed by atoms with E-state index in [1.807, 2.05) is 14.0 Å². The highest BCUT2D eigenvalue weighted by Crippen LogP contribution is 2.08. The molecule has 1 aliphatic rings. The lowest BCUT2D eigenvalue weighted by atomic mass is 10.2. The van der Waals surface area contributed by atoms with Crippen LogP contribution in [0.2, 0.25) is 0 Å². The van der Waals surface area contributed by atoms with Gasteiger partial charge in [0, 0.05) is 33.3 Å². The molecule has 1 fully saturated rings. The molecule has 0 amide bonds. The van der Waals surface area contributed by atoms with Crippen LogP contribution in [-0.2, 0) is 4.74 Å². The van der Waals surface area contributed by atoms with Crippen molar-refractivity contribution in [3.8, 4) is 0 Å². The van der Waals surface area contributed by atoms with Gasteiger partial charge in [0.2, 0.25) is 0 Å². The third-order valence-electron chi connectivity index (χ3n) is 3.39. The first-order valence-corrected chi connectivity index (χ1v) is 7.61. The smallest absolute Gasteiger partial charge is 0.191 e. The van der Waals surface area contributed by atoms with Crippen molar-refractivity contribution in [2.45, 2.75) is 32.6 Å². The largest absolute Gasteiger partial charge is 0.380 e. The fraction of sp³-hybridized carbons (Fsp3) is 0.929. The summed E-state index contributed by atoms with van der Waals surface area (Å²) in [7, 11) is 1.81. The summed E-state index contributed by atoms with van der Waals surface area (Å²) in [5.74, 6) is 0.870. The van der Waals surface area contributed by atoms with E-state index in [1.54, 1.807) is 0 Å². The van der Waals surface area contributed by atoms with Gasteiger partial charge in [-0.25, -0.2) is 0 Å². The van der Waals surface area contributed by atoms with Crippen molar-refractivity contribution in [1.29, 1.82) is 0 Å². The van der Waals surface area contributed by atoms with Crippen LogP contribution in [0.25, 0.3) is 0 Å². The second-order valence-corrected chi connectivity index (χ2v) is 4.88. The molecule has 0 aromatic carbocycles. The zero-order valence-corrected chi connectivity index (χ0v) is 12.6. The van der Waals surface area contributed by atoms with E-state index in [0.29, 0.717) is 0 Å². The van der Waals surface area contributed by atoms with Gasteiger partial charge in [0.25, 0.3) is 0 Å². The maximum atomic E-state index is 5.29. The van der Waals surface area contributed by atoms with Crippen LogP contribution < -0.4 is 10.6 Å². The van der Waals surface area contributed by atoms with Crippen molar-refractivity contribution in [2.24, 2.45) is 4.99 Å². The number of ether oxygens (including phenoxy) is 1. The molecule has 2 N–H and O–H groups in total. The summed E-state index contributed by atoms with van der Waals surface area (Å²) in [6, 6.07) is 0. The molecule has 5 heteroatoms. The highest BCUT2D eigenvalue weighted by molar-refractivity contribution is 5.79. The minimum Gasteiger partial charge on any atom is -0.380 e. The molecule has 0 atom stereocenters. The van der Waals surface area contributed by atoms with E-state index >= 15 is 0 Å². The summed E-state index contributed by atoms with van der Waals surface area (Å²) in [6.45, 7) is 8.86. The first kappa shape index (κ1) is 16.2. The van der Waals surface area contributed by atoms with Crippen LogP contribution in [0.1, 0.15) is 32.6 Å². The lowest BCUT2D eigenvalue weighted by Crippen LogP contribution is -2.42. The molecule has 19 heavy (non-hydrogen) atoms. The summed E-state index contributed by atoms with van der Waals surface area (Å²) >= 11 is 0. The summed E-state index contributed by atoms with van der Waals surface area (Å²) in [5, 5.41) is 6.61. The predicted molar refractivity (Wildman–Crippen MR) is 80.8 cm³/mol. The van der Waals surface area contributed by atoms with Crippen molar-refractivity contribution >= 4 is 5.96 Å². The Morgan fingerprint density at radius 2 is 1.79 bits per heavy atom. The first-order chi connectivity index (χ1) is 9.36. The number of hydrogen-bond donors (Lipinski definition) is 2. The molecule has 5 nitrogen and oxygen atoms in total. The summed E-state index contributed by atoms with van der Waals surface area (Å²) < 4.78 is 5.29. The molecule has 1 heterocycles. The van der Waals surface area contributed by atoms with Gasteiger partial charge in [-0.15, -0.1) is 0 Å². The van der Waals surface area contributed by atoms with Crippen LogP contribution >= 0.6 is 0 Å². The molecule has 1 aliphatic heterocycles. The summed E-state index contributed by atoms with van der Waals surface area (Å²) in [5.41, 5.74) is 0.